The lowest BCUT2D eigenvalue weighted by Gasteiger charge is -2.26. The third-order valence-electron chi connectivity index (χ3n) is 5.17. The molecule has 1 aliphatic heterocycles. The second-order valence-electron chi connectivity index (χ2n) is 8.83. The second-order valence-corrected chi connectivity index (χ2v) is 11.5. The molecule has 1 fully saturated rings. The van der Waals surface area contributed by atoms with Gasteiger partial charge in [-0.2, -0.15) is 0 Å². The molecule has 0 aliphatic carbocycles. The van der Waals surface area contributed by atoms with Gasteiger partial charge in [-0.3, -0.25) is 9.59 Å². The molecule has 0 aromatic heterocycles. The standard InChI is InChI=1S/C19H35N3O7S/c1-12(2)8-15(22-18(26)29-11-19(3,4)30(5,27)28)17(25)21-14(10-23)9-13-6-7-20-16(13)24/h12-15,23H,6-11H2,1-5H3,(H,20,24)(H,21,25)(H,22,26)/t13-,14-,15-/m0/s1. The molecule has 0 bridgehead atoms. The monoisotopic (exact) mass is 449 g/mol. The van der Waals surface area contributed by atoms with Gasteiger partial charge in [-0.25, -0.2) is 13.2 Å². The van der Waals surface area contributed by atoms with E-state index in [0.717, 1.165) is 6.26 Å². The molecular weight excluding hydrogens is 414 g/mol. The summed E-state index contributed by atoms with van der Waals surface area (Å²) in [6.45, 7) is 6.53. The fraction of sp³-hybridized carbons (Fsp3) is 0.842. The zero-order chi connectivity index (χ0) is 23.1. The smallest absolute Gasteiger partial charge is 0.407 e. The van der Waals surface area contributed by atoms with Crippen molar-refractivity contribution in [2.45, 2.75) is 63.8 Å². The number of hydrogen-bond acceptors (Lipinski definition) is 7. The van der Waals surface area contributed by atoms with Crippen LogP contribution in [0.2, 0.25) is 0 Å². The van der Waals surface area contributed by atoms with Crippen molar-refractivity contribution in [1.29, 1.82) is 0 Å². The van der Waals surface area contributed by atoms with Crippen molar-refractivity contribution in [3.63, 3.8) is 0 Å². The van der Waals surface area contributed by atoms with E-state index in [1.807, 2.05) is 13.8 Å². The topological polar surface area (TPSA) is 151 Å². The number of sulfone groups is 1. The first-order chi connectivity index (χ1) is 13.8. The van der Waals surface area contributed by atoms with Gasteiger partial charge in [0.25, 0.3) is 0 Å². The lowest BCUT2D eigenvalue weighted by molar-refractivity contribution is -0.126. The van der Waals surface area contributed by atoms with E-state index in [9.17, 15) is 27.9 Å². The van der Waals surface area contributed by atoms with Crippen molar-refractivity contribution in [3.05, 3.63) is 0 Å². The number of aliphatic hydroxyl groups excluding tert-OH is 1. The van der Waals surface area contributed by atoms with Gasteiger partial charge in [-0.1, -0.05) is 13.8 Å². The van der Waals surface area contributed by atoms with Gasteiger partial charge in [0.05, 0.1) is 12.6 Å². The maximum Gasteiger partial charge on any atom is 0.407 e. The summed E-state index contributed by atoms with van der Waals surface area (Å²) in [4.78, 5) is 36.6. The largest absolute Gasteiger partial charge is 0.448 e. The maximum atomic E-state index is 12.7. The Morgan fingerprint density at radius 1 is 1.30 bits per heavy atom. The maximum absolute atomic E-state index is 12.7. The fourth-order valence-corrected chi connectivity index (χ4v) is 3.20. The third-order valence-corrected chi connectivity index (χ3v) is 7.29. The Bertz CT molecular complexity index is 722. The number of hydrogen-bond donors (Lipinski definition) is 4. The normalized spacial score (nSPS) is 19.2. The number of carbonyl (C=O) groups excluding carboxylic acids is 3. The predicted octanol–water partition coefficient (Wildman–Crippen LogP) is -0.0462. The van der Waals surface area contributed by atoms with Crippen molar-refractivity contribution in [1.82, 2.24) is 16.0 Å². The van der Waals surface area contributed by atoms with E-state index >= 15 is 0 Å². The summed E-state index contributed by atoms with van der Waals surface area (Å²) in [6.07, 6.45) is 1.42. The van der Waals surface area contributed by atoms with E-state index in [4.69, 9.17) is 4.74 Å². The van der Waals surface area contributed by atoms with Crippen LogP contribution in [0.1, 0.15) is 47.0 Å². The van der Waals surface area contributed by atoms with Crippen LogP contribution in [0.15, 0.2) is 0 Å². The van der Waals surface area contributed by atoms with Crippen molar-refractivity contribution in [2.75, 3.05) is 26.0 Å². The van der Waals surface area contributed by atoms with Crippen LogP contribution in [0, 0.1) is 11.8 Å². The summed E-state index contributed by atoms with van der Waals surface area (Å²) < 4.78 is 27.2. The van der Waals surface area contributed by atoms with Crippen LogP contribution in [0.3, 0.4) is 0 Å². The summed E-state index contributed by atoms with van der Waals surface area (Å²) >= 11 is 0. The van der Waals surface area contributed by atoms with E-state index in [-0.39, 0.29) is 31.0 Å². The number of alkyl carbamates (subject to hydrolysis) is 1. The first-order valence-electron chi connectivity index (χ1n) is 10.1. The highest BCUT2D eigenvalue weighted by Crippen LogP contribution is 2.17. The Balaban J connectivity index is 2.71. The summed E-state index contributed by atoms with van der Waals surface area (Å²) in [5.41, 5.74) is 0. The van der Waals surface area contributed by atoms with Crippen molar-refractivity contribution < 1.29 is 32.6 Å². The summed E-state index contributed by atoms with van der Waals surface area (Å²) in [7, 11) is -3.44. The van der Waals surface area contributed by atoms with E-state index < -0.39 is 38.7 Å². The number of carbonyl (C=O) groups is 3. The number of ether oxygens (including phenoxy) is 1. The molecule has 0 aromatic carbocycles. The molecule has 11 heteroatoms. The molecule has 0 aromatic rings. The Hall–Kier alpha value is -1.88. The van der Waals surface area contributed by atoms with Crippen molar-refractivity contribution >= 4 is 27.7 Å². The van der Waals surface area contributed by atoms with Crippen LogP contribution in [0.25, 0.3) is 0 Å². The highest BCUT2D eigenvalue weighted by Gasteiger charge is 2.33. The average Bonchev–Trinajstić information content (AvgIpc) is 3.02. The first kappa shape index (κ1) is 26.2. The van der Waals surface area contributed by atoms with E-state index in [2.05, 4.69) is 16.0 Å². The lowest BCUT2D eigenvalue weighted by Crippen LogP contribution is -2.52. The molecule has 0 unspecified atom stereocenters. The number of nitrogens with one attached hydrogen (secondary N) is 3. The SMILES string of the molecule is CC(C)C[C@H](NC(=O)OCC(C)(C)S(C)(=O)=O)C(=O)N[C@H](CO)C[C@@H]1CCNC1=O. The molecule has 174 valence electrons. The Morgan fingerprint density at radius 2 is 1.93 bits per heavy atom. The highest BCUT2D eigenvalue weighted by molar-refractivity contribution is 7.92. The lowest BCUT2D eigenvalue weighted by atomic mass is 9.97. The third kappa shape index (κ3) is 8.10. The van der Waals surface area contributed by atoms with Gasteiger partial charge in [0.2, 0.25) is 11.8 Å². The van der Waals surface area contributed by atoms with Crippen LogP contribution in [0.4, 0.5) is 4.79 Å². The molecule has 3 amide bonds. The molecule has 0 spiro atoms. The molecule has 0 saturated carbocycles. The van der Waals surface area contributed by atoms with Gasteiger partial charge in [0.1, 0.15) is 17.4 Å². The van der Waals surface area contributed by atoms with E-state index in [1.165, 1.54) is 13.8 Å². The van der Waals surface area contributed by atoms with Crippen LogP contribution >= 0.6 is 0 Å². The van der Waals surface area contributed by atoms with Gasteiger partial charge in [-0.05, 0) is 39.0 Å². The number of aliphatic hydroxyl groups is 1. The minimum Gasteiger partial charge on any atom is -0.448 e. The van der Waals surface area contributed by atoms with Gasteiger partial charge in [0, 0.05) is 18.7 Å². The van der Waals surface area contributed by atoms with E-state index in [0.29, 0.717) is 25.8 Å². The van der Waals surface area contributed by atoms with Crippen LogP contribution in [0.5, 0.6) is 0 Å². The van der Waals surface area contributed by atoms with Gasteiger partial charge in [0.15, 0.2) is 9.84 Å². The Morgan fingerprint density at radius 3 is 2.40 bits per heavy atom. The Kier molecular flexibility index (Phi) is 9.54. The number of amides is 3. The summed E-state index contributed by atoms with van der Waals surface area (Å²) in [6, 6.07) is -1.55. The molecule has 1 saturated heterocycles. The Labute approximate surface area is 178 Å². The molecule has 10 nitrogen and oxygen atoms in total. The zero-order valence-corrected chi connectivity index (χ0v) is 19.2. The molecular formula is C19H35N3O7S. The minimum atomic E-state index is -3.44. The molecule has 1 aliphatic rings. The van der Waals surface area contributed by atoms with Crippen molar-refractivity contribution in [2.24, 2.45) is 11.8 Å². The predicted molar refractivity (Wildman–Crippen MR) is 111 cm³/mol. The fourth-order valence-electron chi connectivity index (χ4n) is 2.93. The van der Waals surface area contributed by atoms with E-state index in [1.54, 1.807) is 0 Å². The summed E-state index contributed by atoms with van der Waals surface area (Å²) in [5, 5.41) is 17.5. The molecule has 1 rings (SSSR count). The van der Waals surface area contributed by atoms with Crippen LogP contribution in [-0.2, 0) is 24.2 Å². The molecule has 1 heterocycles. The minimum absolute atomic E-state index is 0.0710. The zero-order valence-electron chi connectivity index (χ0n) is 18.4. The summed E-state index contributed by atoms with van der Waals surface area (Å²) in [5.74, 6) is -0.805. The van der Waals surface area contributed by atoms with Crippen LogP contribution in [-0.4, -0.2) is 74.3 Å². The molecule has 0 radical (unpaired) electrons. The quantitative estimate of drug-likeness (QED) is 0.345. The van der Waals surface area contributed by atoms with Gasteiger partial charge >= 0.3 is 6.09 Å². The van der Waals surface area contributed by atoms with Crippen LogP contribution < -0.4 is 16.0 Å². The molecule has 4 N–H and O–H groups in total. The number of rotatable bonds is 11. The van der Waals surface area contributed by atoms with Gasteiger partial charge < -0.3 is 25.8 Å². The second kappa shape index (κ2) is 10.9. The molecule has 3 atom stereocenters. The van der Waals surface area contributed by atoms with Crippen molar-refractivity contribution in [3.8, 4) is 0 Å². The first-order valence-corrected chi connectivity index (χ1v) is 12.0. The molecule has 30 heavy (non-hydrogen) atoms. The average molecular weight is 450 g/mol. The highest BCUT2D eigenvalue weighted by atomic mass is 32.2. The van der Waals surface area contributed by atoms with Gasteiger partial charge in [-0.15, -0.1) is 0 Å².